The van der Waals surface area contributed by atoms with Crippen molar-refractivity contribution in [2.24, 2.45) is 11.8 Å². The van der Waals surface area contributed by atoms with Gasteiger partial charge in [-0.3, -0.25) is 0 Å². The molecule has 1 rings (SSSR count). The van der Waals surface area contributed by atoms with Crippen molar-refractivity contribution in [2.75, 3.05) is 0 Å². The maximum Gasteiger partial charge on any atom is 0.134 e. The maximum absolute atomic E-state index is 12.9. The average molecular weight is 150 g/mol. The van der Waals surface area contributed by atoms with Gasteiger partial charge < -0.3 is 0 Å². The molecule has 0 aromatic heterocycles. The van der Waals surface area contributed by atoms with Gasteiger partial charge in [-0.2, -0.15) is 0 Å². The molecule has 11 heavy (non-hydrogen) atoms. The van der Waals surface area contributed by atoms with Crippen LogP contribution < -0.4 is 0 Å². The minimum atomic E-state index is -0.252. The summed E-state index contributed by atoms with van der Waals surface area (Å²) in [6, 6.07) is 0. The van der Waals surface area contributed by atoms with Gasteiger partial charge in [0.2, 0.25) is 0 Å². The Morgan fingerprint density at radius 3 is 2.45 bits per heavy atom. The third kappa shape index (κ3) is 1.51. The Labute approximate surface area is 66.8 Å². The summed E-state index contributed by atoms with van der Waals surface area (Å²) in [5.41, 5.74) is 0.399. The minimum Gasteiger partial charge on any atom is -0.206 e. The van der Waals surface area contributed by atoms with Gasteiger partial charge in [-0.1, -0.05) is 25.8 Å². The van der Waals surface area contributed by atoms with Gasteiger partial charge in [0.15, 0.2) is 0 Å². The van der Waals surface area contributed by atoms with Crippen molar-refractivity contribution < 1.29 is 4.39 Å². The number of hydrogen-bond donors (Lipinski definition) is 0. The molecule has 0 nitrogen and oxygen atoms in total. The number of allylic oxidation sites excluding steroid dienone is 4. The molecule has 0 saturated heterocycles. The number of hydrogen-bond acceptors (Lipinski definition) is 0. The highest BCUT2D eigenvalue weighted by atomic mass is 19.1. The van der Waals surface area contributed by atoms with Crippen LogP contribution in [-0.2, 0) is 0 Å². The highest BCUT2D eigenvalue weighted by Crippen LogP contribution is 2.27. The Kier molecular flexibility index (Phi) is 2.14. The van der Waals surface area contributed by atoms with E-state index < -0.39 is 0 Å². The van der Waals surface area contributed by atoms with Crippen LogP contribution in [0.1, 0.15) is 13.8 Å². The molecule has 0 aromatic carbocycles. The molecule has 0 aromatic rings. The molecule has 0 saturated carbocycles. The zero-order valence-corrected chi connectivity index (χ0v) is 6.76. The molecule has 0 heterocycles. The van der Waals surface area contributed by atoms with Crippen molar-refractivity contribution >= 4 is 0 Å². The van der Waals surface area contributed by atoms with Crippen molar-refractivity contribution in [1.29, 1.82) is 0 Å². The highest BCUT2D eigenvalue weighted by Gasteiger charge is 2.16. The van der Waals surface area contributed by atoms with Gasteiger partial charge in [0, 0.05) is 0 Å². The van der Waals surface area contributed by atoms with E-state index in [9.17, 15) is 4.39 Å². The maximum atomic E-state index is 12.9. The largest absolute Gasteiger partial charge is 0.206 e. The van der Waals surface area contributed by atoms with Crippen molar-refractivity contribution in [3.05, 3.63) is 23.6 Å². The standard InChI is InChI=1S/C10H11F/c1-4-9-5-7(2)8(3)6-10(9)11/h1,5-8H,2-3H3. The van der Waals surface area contributed by atoms with Gasteiger partial charge in [-0.15, -0.1) is 6.42 Å². The van der Waals surface area contributed by atoms with E-state index in [-0.39, 0.29) is 11.7 Å². The predicted octanol–water partition coefficient (Wildman–Crippen LogP) is 2.69. The van der Waals surface area contributed by atoms with E-state index in [2.05, 4.69) is 5.92 Å². The zero-order valence-electron chi connectivity index (χ0n) is 6.76. The van der Waals surface area contributed by atoms with Crippen molar-refractivity contribution in [2.45, 2.75) is 13.8 Å². The first-order valence-corrected chi connectivity index (χ1v) is 3.71. The lowest BCUT2D eigenvalue weighted by Gasteiger charge is -2.17. The fourth-order valence-electron chi connectivity index (χ4n) is 1.08. The normalized spacial score (nSPS) is 30.4. The molecule has 1 aliphatic rings. The Bertz CT molecular complexity index is 253. The molecule has 0 aliphatic heterocycles. The van der Waals surface area contributed by atoms with Crippen LogP contribution in [0, 0.1) is 24.2 Å². The summed E-state index contributed by atoms with van der Waals surface area (Å²) in [6.07, 6.45) is 8.49. The fourth-order valence-corrected chi connectivity index (χ4v) is 1.08. The quantitative estimate of drug-likeness (QED) is 0.466. The van der Waals surface area contributed by atoms with Crippen molar-refractivity contribution in [3.8, 4) is 12.3 Å². The molecule has 0 fully saturated rings. The monoisotopic (exact) mass is 150 g/mol. The molecule has 0 amide bonds. The molecular weight excluding hydrogens is 139 g/mol. The summed E-state index contributed by atoms with van der Waals surface area (Å²) in [4.78, 5) is 0. The first-order valence-electron chi connectivity index (χ1n) is 3.71. The number of terminal acetylenes is 1. The minimum absolute atomic E-state index is 0.252. The van der Waals surface area contributed by atoms with Crippen LogP contribution >= 0.6 is 0 Å². The van der Waals surface area contributed by atoms with Crippen LogP contribution in [0.4, 0.5) is 4.39 Å². The topological polar surface area (TPSA) is 0 Å². The lowest BCUT2D eigenvalue weighted by Crippen LogP contribution is -2.08. The van der Waals surface area contributed by atoms with E-state index in [1.54, 1.807) is 12.2 Å². The Balaban J connectivity index is 2.94. The average Bonchev–Trinajstić information content (AvgIpc) is 1.97. The van der Waals surface area contributed by atoms with Crippen molar-refractivity contribution in [1.82, 2.24) is 0 Å². The van der Waals surface area contributed by atoms with E-state index in [4.69, 9.17) is 6.42 Å². The first-order chi connectivity index (χ1) is 5.15. The predicted molar refractivity (Wildman–Crippen MR) is 44.4 cm³/mol. The molecule has 2 atom stereocenters. The first kappa shape index (κ1) is 8.07. The number of rotatable bonds is 0. The second-order valence-electron chi connectivity index (χ2n) is 2.96. The van der Waals surface area contributed by atoms with Gasteiger partial charge in [0.1, 0.15) is 5.83 Å². The summed E-state index contributed by atoms with van der Waals surface area (Å²) in [5, 5.41) is 0. The SMILES string of the molecule is C#CC1=CC(C)C(C)C=C1F. The van der Waals surface area contributed by atoms with Crippen LogP contribution in [0.25, 0.3) is 0 Å². The van der Waals surface area contributed by atoms with Crippen LogP contribution in [0.15, 0.2) is 23.6 Å². The van der Waals surface area contributed by atoms with E-state index in [0.29, 0.717) is 11.5 Å². The van der Waals surface area contributed by atoms with Gasteiger partial charge in [-0.05, 0) is 17.9 Å². The van der Waals surface area contributed by atoms with E-state index in [1.165, 1.54) is 0 Å². The molecule has 2 unspecified atom stereocenters. The lowest BCUT2D eigenvalue weighted by molar-refractivity contribution is 0.515. The third-order valence-electron chi connectivity index (χ3n) is 2.08. The Hall–Kier alpha value is -1.03. The second kappa shape index (κ2) is 2.92. The molecule has 0 radical (unpaired) electrons. The van der Waals surface area contributed by atoms with E-state index >= 15 is 0 Å². The smallest absolute Gasteiger partial charge is 0.134 e. The van der Waals surface area contributed by atoms with Gasteiger partial charge in [0.25, 0.3) is 0 Å². The second-order valence-corrected chi connectivity index (χ2v) is 2.96. The molecule has 0 spiro atoms. The van der Waals surface area contributed by atoms with Crippen molar-refractivity contribution in [3.63, 3.8) is 0 Å². The van der Waals surface area contributed by atoms with Crippen LogP contribution in [0.3, 0.4) is 0 Å². The van der Waals surface area contributed by atoms with E-state index in [0.717, 1.165) is 0 Å². The molecular formula is C10H11F. The highest BCUT2D eigenvalue weighted by molar-refractivity contribution is 5.43. The molecule has 58 valence electrons. The summed E-state index contributed by atoms with van der Waals surface area (Å²) in [7, 11) is 0. The van der Waals surface area contributed by atoms with E-state index in [1.807, 2.05) is 13.8 Å². The zero-order chi connectivity index (χ0) is 8.43. The third-order valence-corrected chi connectivity index (χ3v) is 2.08. The fraction of sp³-hybridized carbons (Fsp3) is 0.400. The van der Waals surface area contributed by atoms with Gasteiger partial charge in [0.05, 0.1) is 5.57 Å². The van der Waals surface area contributed by atoms with Crippen LogP contribution in [0.5, 0.6) is 0 Å². The Morgan fingerprint density at radius 2 is 1.91 bits per heavy atom. The summed E-state index contributed by atoms with van der Waals surface area (Å²) >= 11 is 0. The van der Waals surface area contributed by atoms with Gasteiger partial charge >= 0.3 is 0 Å². The molecule has 1 aliphatic carbocycles. The summed E-state index contributed by atoms with van der Waals surface area (Å²) in [5.74, 6) is 2.68. The molecule has 0 bridgehead atoms. The molecule has 1 heteroatoms. The van der Waals surface area contributed by atoms with Gasteiger partial charge in [-0.25, -0.2) is 4.39 Å². The molecule has 0 N–H and O–H groups in total. The summed E-state index contributed by atoms with van der Waals surface area (Å²) < 4.78 is 12.9. The van der Waals surface area contributed by atoms with Crippen LogP contribution in [-0.4, -0.2) is 0 Å². The van der Waals surface area contributed by atoms with Crippen LogP contribution in [0.2, 0.25) is 0 Å². The Morgan fingerprint density at radius 1 is 1.36 bits per heavy atom. The number of halogens is 1. The lowest BCUT2D eigenvalue weighted by atomic mass is 9.88. The summed E-state index contributed by atoms with van der Waals surface area (Å²) in [6.45, 7) is 4.01.